The first-order chi connectivity index (χ1) is 13.4. The molecule has 3 rings (SSSR count). The average molecular weight is 383 g/mol. The topological polar surface area (TPSA) is 90.7 Å². The minimum Gasteiger partial charge on any atom is -0.339 e. The molecule has 0 saturated heterocycles. The molecule has 0 aliphatic heterocycles. The number of amides is 1. The van der Waals surface area contributed by atoms with Crippen LogP contribution in [0.2, 0.25) is 0 Å². The van der Waals surface area contributed by atoms with E-state index >= 15 is 0 Å². The molecule has 0 unspecified atom stereocenters. The summed E-state index contributed by atoms with van der Waals surface area (Å²) in [5.41, 5.74) is -0.285. The first kappa shape index (κ1) is 18.8. The summed E-state index contributed by atoms with van der Waals surface area (Å²) in [5, 5.41) is 13.9. The molecule has 1 aromatic heterocycles. The molecule has 0 radical (unpaired) electrons. The molecule has 1 heterocycles. The number of nitrogens with one attached hydrogen (secondary N) is 2. The van der Waals surface area contributed by atoms with Crippen molar-refractivity contribution in [1.29, 1.82) is 5.26 Å². The number of benzene rings is 2. The zero-order valence-electron chi connectivity index (χ0n) is 14.2. The third-order valence-electron chi connectivity index (χ3n) is 3.65. The van der Waals surface area contributed by atoms with Gasteiger partial charge in [-0.15, -0.1) is 0 Å². The second kappa shape index (κ2) is 7.75. The molecule has 0 fully saturated rings. The Balaban J connectivity index is 1.71. The van der Waals surface area contributed by atoms with Crippen molar-refractivity contribution in [1.82, 2.24) is 9.97 Å². The van der Waals surface area contributed by atoms with Crippen LogP contribution in [0.3, 0.4) is 0 Å². The number of aromatic nitrogens is 2. The van der Waals surface area contributed by atoms with Crippen molar-refractivity contribution in [2.45, 2.75) is 6.18 Å². The molecule has 0 atom stereocenters. The van der Waals surface area contributed by atoms with E-state index in [1.165, 1.54) is 18.3 Å². The van der Waals surface area contributed by atoms with Crippen LogP contribution in [0.15, 0.2) is 60.9 Å². The predicted molar refractivity (Wildman–Crippen MR) is 95.9 cm³/mol. The van der Waals surface area contributed by atoms with E-state index in [1.807, 2.05) is 6.07 Å². The van der Waals surface area contributed by atoms with Crippen LogP contribution < -0.4 is 10.6 Å². The van der Waals surface area contributed by atoms with Gasteiger partial charge in [-0.05, 0) is 36.4 Å². The first-order valence-corrected chi connectivity index (χ1v) is 7.93. The fourth-order valence-corrected chi connectivity index (χ4v) is 2.31. The van der Waals surface area contributed by atoms with E-state index in [4.69, 9.17) is 5.26 Å². The number of hydrogen-bond donors (Lipinski definition) is 2. The van der Waals surface area contributed by atoms with Crippen LogP contribution in [0, 0.1) is 11.3 Å². The maximum atomic E-state index is 13.0. The van der Waals surface area contributed by atoms with Gasteiger partial charge >= 0.3 is 6.18 Å². The number of halogens is 3. The highest BCUT2D eigenvalue weighted by Gasteiger charge is 2.33. The van der Waals surface area contributed by atoms with E-state index in [0.717, 1.165) is 18.3 Å². The summed E-state index contributed by atoms with van der Waals surface area (Å²) >= 11 is 0. The Hall–Kier alpha value is -3.93. The molecular formula is C19H12F3N5O. The van der Waals surface area contributed by atoms with Crippen LogP contribution in [0.1, 0.15) is 21.6 Å². The van der Waals surface area contributed by atoms with Gasteiger partial charge in [0, 0.05) is 5.69 Å². The molecule has 0 spiro atoms. The maximum absolute atomic E-state index is 13.0. The molecule has 0 aliphatic rings. The van der Waals surface area contributed by atoms with Crippen LogP contribution in [0.4, 0.5) is 30.4 Å². The number of carbonyl (C=O) groups excluding carboxylic acids is 1. The molecule has 1 amide bonds. The van der Waals surface area contributed by atoms with E-state index in [-0.39, 0.29) is 11.4 Å². The number of rotatable bonds is 4. The third-order valence-corrected chi connectivity index (χ3v) is 3.65. The Bertz CT molecular complexity index is 1030. The summed E-state index contributed by atoms with van der Waals surface area (Å²) in [6, 6.07) is 13.3. The van der Waals surface area contributed by atoms with Gasteiger partial charge < -0.3 is 10.6 Å². The molecule has 3 aromatic rings. The number of anilines is 3. The minimum absolute atomic E-state index is 0.137. The van der Waals surface area contributed by atoms with Crippen molar-refractivity contribution >= 4 is 23.1 Å². The second-order valence-corrected chi connectivity index (χ2v) is 5.60. The molecule has 2 N–H and O–H groups in total. The number of para-hydroxylation sites is 1. The van der Waals surface area contributed by atoms with E-state index in [0.29, 0.717) is 17.1 Å². The monoisotopic (exact) mass is 383 g/mol. The third kappa shape index (κ3) is 4.42. The van der Waals surface area contributed by atoms with E-state index in [1.54, 1.807) is 24.3 Å². The minimum atomic E-state index is -4.59. The van der Waals surface area contributed by atoms with Crippen LogP contribution in [0.5, 0.6) is 0 Å². The second-order valence-electron chi connectivity index (χ2n) is 5.60. The molecule has 0 bridgehead atoms. The Morgan fingerprint density at radius 2 is 1.71 bits per heavy atom. The lowest BCUT2D eigenvalue weighted by atomic mass is 10.1. The molecule has 2 aromatic carbocycles. The van der Waals surface area contributed by atoms with Gasteiger partial charge in [-0.25, -0.2) is 9.97 Å². The Kier molecular flexibility index (Phi) is 5.22. The molecule has 140 valence electrons. The number of alkyl halides is 3. The van der Waals surface area contributed by atoms with E-state index in [9.17, 15) is 18.0 Å². The quantitative estimate of drug-likeness (QED) is 0.698. The van der Waals surface area contributed by atoms with Crippen LogP contribution in [-0.4, -0.2) is 15.9 Å². The Morgan fingerprint density at radius 3 is 2.32 bits per heavy atom. The predicted octanol–water partition coefficient (Wildman–Crippen LogP) is 4.36. The summed E-state index contributed by atoms with van der Waals surface area (Å²) in [6.07, 6.45) is -2.16. The molecule has 9 heteroatoms. The standard InChI is InChI=1S/C19H12F3N5O/c20-19(21,22)14-3-1-2-4-15(14)27-18(28)16-10-25-17(11-24-16)26-13-7-5-12(9-23)6-8-13/h1-8,10-11H,(H,25,26)(H,27,28). The lowest BCUT2D eigenvalue weighted by molar-refractivity contribution is -0.136. The highest BCUT2D eigenvalue weighted by molar-refractivity contribution is 6.03. The van der Waals surface area contributed by atoms with Gasteiger partial charge in [0.2, 0.25) is 0 Å². The van der Waals surface area contributed by atoms with Gasteiger partial charge in [-0.2, -0.15) is 18.4 Å². The van der Waals surface area contributed by atoms with Crippen molar-refractivity contribution in [2.75, 3.05) is 10.6 Å². The Morgan fingerprint density at radius 1 is 1.00 bits per heavy atom. The van der Waals surface area contributed by atoms with E-state index < -0.39 is 17.6 Å². The molecule has 6 nitrogen and oxygen atoms in total. The highest BCUT2D eigenvalue weighted by atomic mass is 19.4. The zero-order valence-corrected chi connectivity index (χ0v) is 14.2. The van der Waals surface area contributed by atoms with Crippen molar-refractivity contribution in [3.8, 4) is 6.07 Å². The summed E-state index contributed by atoms with van der Waals surface area (Å²) in [5.74, 6) is -0.480. The number of carbonyl (C=O) groups is 1. The zero-order chi connectivity index (χ0) is 20.1. The largest absolute Gasteiger partial charge is 0.418 e. The van der Waals surface area contributed by atoms with E-state index in [2.05, 4.69) is 20.6 Å². The number of hydrogen-bond acceptors (Lipinski definition) is 5. The van der Waals surface area contributed by atoms with Crippen LogP contribution >= 0.6 is 0 Å². The van der Waals surface area contributed by atoms with Gasteiger partial charge in [-0.1, -0.05) is 12.1 Å². The van der Waals surface area contributed by atoms with Crippen LogP contribution in [-0.2, 0) is 6.18 Å². The average Bonchev–Trinajstić information content (AvgIpc) is 2.69. The fourth-order valence-electron chi connectivity index (χ4n) is 2.31. The Labute approximate surface area is 157 Å². The van der Waals surface area contributed by atoms with Crippen molar-refractivity contribution in [2.24, 2.45) is 0 Å². The number of nitriles is 1. The normalized spacial score (nSPS) is 10.8. The summed E-state index contributed by atoms with van der Waals surface area (Å²) in [4.78, 5) is 20.2. The fraction of sp³-hybridized carbons (Fsp3) is 0.0526. The molecule has 28 heavy (non-hydrogen) atoms. The summed E-state index contributed by atoms with van der Waals surface area (Å²) in [7, 11) is 0. The maximum Gasteiger partial charge on any atom is 0.418 e. The first-order valence-electron chi connectivity index (χ1n) is 7.93. The lowest BCUT2D eigenvalue weighted by Crippen LogP contribution is -2.18. The van der Waals surface area contributed by atoms with Gasteiger partial charge in [0.15, 0.2) is 0 Å². The van der Waals surface area contributed by atoms with Gasteiger partial charge in [0.25, 0.3) is 5.91 Å². The van der Waals surface area contributed by atoms with Crippen molar-refractivity contribution in [3.63, 3.8) is 0 Å². The summed E-state index contributed by atoms with van der Waals surface area (Å²) < 4.78 is 39.0. The summed E-state index contributed by atoms with van der Waals surface area (Å²) in [6.45, 7) is 0. The van der Waals surface area contributed by atoms with Gasteiger partial charge in [0.05, 0.1) is 35.3 Å². The van der Waals surface area contributed by atoms with Gasteiger partial charge in [-0.3, -0.25) is 4.79 Å². The smallest absolute Gasteiger partial charge is 0.339 e. The van der Waals surface area contributed by atoms with Crippen molar-refractivity contribution < 1.29 is 18.0 Å². The lowest BCUT2D eigenvalue weighted by Gasteiger charge is -2.13. The molecular weight excluding hydrogens is 371 g/mol. The number of nitrogens with zero attached hydrogens (tertiary/aromatic N) is 3. The molecule has 0 aliphatic carbocycles. The molecule has 0 saturated carbocycles. The van der Waals surface area contributed by atoms with Gasteiger partial charge in [0.1, 0.15) is 11.5 Å². The van der Waals surface area contributed by atoms with Crippen molar-refractivity contribution in [3.05, 3.63) is 77.7 Å². The van der Waals surface area contributed by atoms with Crippen LogP contribution in [0.25, 0.3) is 0 Å². The highest BCUT2D eigenvalue weighted by Crippen LogP contribution is 2.34. The SMILES string of the molecule is N#Cc1ccc(Nc2cnc(C(=O)Nc3ccccc3C(F)(F)F)cn2)cc1.